The average molecular weight is 396 g/mol. The van der Waals surface area contributed by atoms with Crippen LogP contribution in [0.5, 0.6) is 0 Å². The molecule has 0 unspecified atom stereocenters. The number of carbonyl (C=O) groups excluding carboxylic acids is 1. The second-order valence-corrected chi connectivity index (χ2v) is 7.73. The molecule has 2 atom stereocenters. The van der Waals surface area contributed by atoms with Crippen molar-refractivity contribution in [3.63, 3.8) is 0 Å². The van der Waals surface area contributed by atoms with E-state index < -0.39 is 12.1 Å². The summed E-state index contributed by atoms with van der Waals surface area (Å²) >= 11 is 0. The van der Waals surface area contributed by atoms with Crippen molar-refractivity contribution in [2.45, 2.75) is 116 Å². The summed E-state index contributed by atoms with van der Waals surface area (Å²) in [4.78, 5) is 12.0. The summed E-state index contributed by atoms with van der Waals surface area (Å²) in [6.45, 7) is 4.15. The number of hydrogen-bond acceptors (Lipinski definition) is 3. The summed E-state index contributed by atoms with van der Waals surface area (Å²) in [5.74, 6) is -0.0947. The zero-order valence-corrected chi connectivity index (χ0v) is 18.4. The lowest BCUT2D eigenvalue weighted by Gasteiger charge is -2.19. The van der Waals surface area contributed by atoms with Crippen LogP contribution >= 0.6 is 0 Å². The Balaban J connectivity index is 3.91. The summed E-state index contributed by atoms with van der Waals surface area (Å²) in [6, 6.07) is -0.643. The Morgan fingerprint density at radius 1 is 0.857 bits per heavy atom. The van der Waals surface area contributed by atoms with E-state index in [9.17, 15) is 15.0 Å². The van der Waals surface area contributed by atoms with Gasteiger partial charge in [0.25, 0.3) is 0 Å². The lowest BCUT2D eigenvalue weighted by Crippen LogP contribution is -2.45. The molecule has 0 aromatic rings. The number of carbonyl (C=O) groups is 1. The van der Waals surface area contributed by atoms with Gasteiger partial charge in [-0.3, -0.25) is 4.79 Å². The van der Waals surface area contributed by atoms with Crippen LogP contribution in [0, 0.1) is 0 Å². The first-order valence-corrected chi connectivity index (χ1v) is 11.6. The number of amides is 1. The third-order valence-electron chi connectivity index (χ3n) is 4.99. The molecule has 0 fully saturated rings. The van der Waals surface area contributed by atoms with E-state index in [1.165, 1.54) is 64.2 Å². The van der Waals surface area contributed by atoms with Gasteiger partial charge in [-0.15, -0.1) is 0 Å². The zero-order chi connectivity index (χ0) is 20.9. The number of aliphatic hydroxyl groups excluding tert-OH is 2. The van der Waals surface area contributed by atoms with Gasteiger partial charge < -0.3 is 15.5 Å². The quantitative estimate of drug-likeness (QED) is 0.201. The van der Waals surface area contributed by atoms with Crippen LogP contribution in [0.15, 0.2) is 24.3 Å². The topological polar surface area (TPSA) is 69.6 Å². The summed E-state index contributed by atoms with van der Waals surface area (Å²) in [6.07, 6.45) is 22.6. The van der Waals surface area contributed by atoms with Crippen molar-refractivity contribution in [2.75, 3.05) is 6.61 Å². The van der Waals surface area contributed by atoms with Crippen LogP contribution < -0.4 is 5.32 Å². The Labute approximate surface area is 173 Å². The van der Waals surface area contributed by atoms with Gasteiger partial charge in [0.05, 0.1) is 18.8 Å². The lowest BCUT2D eigenvalue weighted by atomic mass is 10.1. The van der Waals surface area contributed by atoms with Crippen molar-refractivity contribution < 1.29 is 15.0 Å². The molecule has 3 N–H and O–H groups in total. The van der Waals surface area contributed by atoms with Gasteiger partial charge in [0, 0.05) is 6.42 Å². The van der Waals surface area contributed by atoms with Gasteiger partial charge in [0.1, 0.15) is 0 Å². The van der Waals surface area contributed by atoms with Crippen LogP contribution in [0.4, 0.5) is 0 Å². The molecule has 4 heteroatoms. The summed E-state index contributed by atoms with van der Waals surface area (Å²) < 4.78 is 0. The Morgan fingerprint density at radius 3 is 2.04 bits per heavy atom. The minimum Gasteiger partial charge on any atom is -0.394 e. The molecule has 0 aliphatic carbocycles. The maximum absolute atomic E-state index is 12.0. The predicted molar refractivity (Wildman–Crippen MR) is 119 cm³/mol. The van der Waals surface area contributed by atoms with E-state index in [1.54, 1.807) is 12.2 Å². The molecule has 1 amide bonds. The van der Waals surface area contributed by atoms with Gasteiger partial charge in [-0.25, -0.2) is 0 Å². The third-order valence-corrected chi connectivity index (χ3v) is 4.99. The number of allylic oxidation sites excluding steroid dienone is 3. The fourth-order valence-corrected chi connectivity index (χ4v) is 3.11. The smallest absolute Gasteiger partial charge is 0.220 e. The molecule has 28 heavy (non-hydrogen) atoms. The van der Waals surface area contributed by atoms with Gasteiger partial charge in [0.15, 0.2) is 0 Å². The molecule has 0 saturated carbocycles. The molecule has 0 aliphatic heterocycles. The van der Waals surface area contributed by atoms with Crippen LogP contribution in [0.1, 0.15) is 104 Å². The molecule has 0 heterocycles. The number of unbranched alkanes of at least 4 members (excludes halogenated alkanes) is 11. The van der Waals surface area contributed by atoms with E-state index in [-0.39, 0.29) is 12.5 Å². The maximum atomic E-state index is 12.0. The van der Waals surface area contributed by atoms with Gasteiger partial charge in [-0.05, 0) is 19.3 Å². The fourth-order valence-electron chi connectivity index (χ4n) is 3.11. The largest absolute Gasteiger partial charge is 0.394 e. The van der Waals surface area contributed by atoms with Crippen molar-refractivity contribution in [2.24, 2.45) is 0 Å². The minimum absolute atomic E-state index is 0.0947. The van der Waals surface area contributed by atoms with Crippen molar-refractivity contribution in [1.82, 2.24) is 5.32 Å². The van der Waals surface area contributed by atoms with E-state index in [2.05, 4.69) is 25.2 Å². The van der Waals surface area contributed by atoms with E-state index in [4.69, 9.17) is 0 Å². The molecule has 0 rings (SSSR count). The van der Waals surface area contributed by atoms with Crippen LogP contribution in [0.25, 0.3) is 0 Å². The van der Waals surface area contributed by atoms with E-state index >= 15 is 0 Å². The van der Waals surface area contributed by atoms with Gasteiger partial charge >= 0.3 is 0 Å². The van der Waals surface area contributed by atoms with Crippen LogP contribution in [-0.4, -0.2) is 34.9 Å². The molecular weight excluding hydrogens is 350 g/mol. The number of aliphatic hydroxyl groups is 2. The molecular formula is C24H45NO3. The van der Waals surface area contributed by atoms with Crippen LogP contribution in [0.2, 0.25) is 0 Å². The van der Waals surface area contributed by atoms with Gasteiger partial charge in [0.2, 0.25) is 5.91 Å². The molecule has 0 bridgehead atoms. The zero-order valence-electron chi connectivity index (χ0n) is 18.4. The second kappa shape index (κ2) is 20.6. The molecule has 4 nitrogen and oxygen atoms in total. The third kappa shape index (κ3) is 17.0. The highest BCUT2D eigenvalue weighted by Gasteiger charge is 2.17. The molecule has 0 aliphatic rings. The normalized spacial score (nSPS) is 14.0. The molecule has 0 aromatic carbocycles. The molecule has 0 saturated heterocycles. The highest BCUT2D eigenvalue weighted by Crippen LogP contribution is 2.09. The first-order valence-electron chi connectivity index (χ1n) is 11.6. The van der Waals surface area contributed by atoms with Gasteiger partial charge in [-0.1, -0.05) is 102 Å². The summed E-state index contributed by atoms with van der Waals surface area (Å²) in [7, 11) is 0. The summed E-state index contributed by atoms with van der Waals surface area (Å²) in [5, 5.41) is 22.4. The Bertz CT molecular complexity index is 407. The SMILES string of the molecule is CCCCCCC/C=C/C=C/[C@@H](O)[C@H](CO)NC(=O)CCCCCCCCC. The second-order valence-electron chi connectivity index (χ2n) is 7.73. The average Bonchev–Trinajstić information content (AvgIpc) is 2.69. The van der Waals surface area contributed by atoms with Crippen LogP contribution in [-0.2, 0) is 4.79 Å². The Hall–Kier alpha value is -1.13. The lowest BCUT2D eigenvalue weighted by molar-refractivity contribution is -0.123. The fraction of sp³-hybridized carbons (Fsp3) is 0.792. The highest BCUT2D eigenvalue weighted by molar-refractivity contribution is 5.76. The Morgan fingerprint density at radius 2 is 1.43 bits per heavy atom. The number of hydrogen-bond donors (Lipinski definition) is 3. The predicted octanol–water partition coefficient (Wildman–Crippen LogP) is 5.44. The first kappa shape index (κ1) is 26.9. The molecule has 0 radical (unpaired) electrons. The van der Waals surface area contributed by atoms with Crippen molar-refractivity contribution >= 4 is 5.91 Å². The maximum Gasteiger partial charge on any atom is 0.220 e. The molecule has 0 spiro atoms. The van der Waals surface area contributed by atoms with Crippen molar-refractivity contribution in [1.29, 1.82) is 0 Å². The number of rotatable bonds is 19. The molecule has 164 valence electrons. The molecule has 0 aromatic heterocycles. The van der Waals surface area contributed by atoms with E-state index in [0.29, 0.717) is 6.42 Å². The van der Waals surface area contributed by atoms with Crippen LogP contribution in [0.3, 0.4) is 0 Å². The monoisotopic (exact) mass is 395 g/mol. The standard InChI is InChI=1S/C24H45NO3/c1-3-5-7-9-11-12-14-15-17-19-23(27)22(21-26)25-24(28)20-18-16-13-10-8-6-4-2/h14-15,17,19,22-23,26-27H,3-13,16,18,20-21H2,1-2H3,(H,25,28)/b15-14+,19-17+/t22-,23+/m0/s1. The van der Waals surface area contributed by atoms with Crippen molar-refractivity contribution in [3.8, 4) is 0 Å². The van der Waals surface area contributed by atoms with Gasteiger partial charge in [-0.2, -0.15) is 0 Å². The number of nitrogens with one attached hydrogen (secondary N) is 1. The van der Waals surface area contributed by atoms with E-state index in [1.807, 2.05) is 6.08 Å². The first-order chi connectivity index (χ1) is 13.7. The highest BCUT2D eigenvalue weighted by atomic mass is 16.3. The Kier molecular flexibility index (Phi) is 19.8. The summed E-state index contributed by atoms with van der Waals surface area (Å²) in [5.41, 5.74) is 0. The van der Waals surface area contributed by atoms with E-state index in [0.717, 1.165) is 19.3 Å². The minimum atomic E-state index is -0.878. The van der Waals surface area contributed by atoms with Crippen molar-refractivity contribution in [3.05, 3.63) is 24.3 Å².